The second-order valence-corrected chi connectivity index (χ2v) is 7.30. The van der Waals surface area contributed by atoms with Gasteiger partial charge in [-0.1, -0.05) is 18.5 Å². The number of hydrogen-bond donors (Lipinski definition) is 3. The summed E-state index contributed by atoms with van der Waals surface area (Å²) in [6, 6.07) is 4.03. The van der Waals surface area contributed by atoms with Crippen molar-refractivity contribution < 1.29 is 9.52 Å². The number of furan rings is 1. The second-order valence-electron chi connectivity index (χ2n) is 6.94. The highest BCUT2D eigenvalue weighted by atomic mass is 35.5. The molecule has 3 aromatic heterocycles. The number of nitrogen functional groups attached to an aromatic ring is 1. The van der Waals surface area contributed by atoms with E-state index in [2.05, 4.69) is 20.3 Å². The molecule has 2 atom stereocenters. The van der Waals surface area contributed by atoms with E-state index in [1.165, 1.54) is 0 Å². The van der Waals surface area contributed by atoms with Crippen molar-refractivity contribution in [3.63, 3.8) is 0 Å². The molecule has 1 aliphatic carbocycles. The predicted octanol–water partition coefficient (Wildman–Crippen LogP) is 3.66. The zero-order valence-corrected chi connectivity index (χ0v) is 15.8. The number of anilines is 2. The number of aromatic nitrogens is 3. The Balaban J connectivity index is 1.76. The van der Waals surface area contributed by atoms with Crippen LogP contribution in [-0.4, -0.2) is 32.7 Å². The summed E-state index contributed by atoms with van der Waals surface area (Å²) in [4.78, 5) is 12.9. The largest absolute Gasteiger partial charge is 0.454 e. The fourth-order valence-electron chi connectivity index (χ4n) is 3.73. The summed E-state index contributed by atoms with van der Waals surface area (Å²) in [6.07, 6.45) is 5.35. The van der Waals surface area contributed by atoms with Crippen molar-refractivity contribution in [3.8, 4) is 11.3 Å². The zero-order valence-electron chi connectivity index (χ0n) is 15.1. The van der Waals surface area contributed by atoms with Gasteiger partial charge in [-0.05, 0) is 43.7 Å². The van der Waals surface area contributed by atoms with Crippen LogP contribution < -0.4 is 11.1 Å². The van der Waals surface area contributed by atoms with Crippen molar-refractivity contribution >= 4 is 34.3 Å². The summed E-state index contributed by atoms with van der Waals surface area (Å²) in [7, 11) is 0. The number of hydrogen-bond acceptors (Lipinski definition) is 7. The highest BCUT2D eigenvalue weighted by Gasteiger charge is 2.27. The molecular weight excluding hydrogens is 366 g/mol. The summed E-state index contributed by atoms with van der Waals surface area (Å²) in [6.45, 7) is 2.24. The minimum Gasteiger partial charge on any atom is -0.454 e. The van der Waals surface area contributed by atoms with Crippen molar-refractivity contribution in [1.29, 1.82) is 0 Å². The third-order valence-corrected chi connectivity index (χ3v) is 5.38. The van der Waals surface area contributed by atoms with E-state index < -0.39 is 0 Å². The predicted molar refractivity (Wildman–Crippen MR) is 106 cm³/mol. The van der Waals surface area contributed by atoms with Crippen LogP contribution in [-0.2, 0) is 6.42 Å². The first-order valence-electron chi connectivity index (χ1n) is 9.17. The Morgan fingerprint density at radius 1 is 1.37 bits per heavy atom. The maximum atomic E-state index is 9.39. The summed E-state index contributed by atoms with van der Waals surface area (Å²) in [5.74, 6) is 1.55. The second kappa shape index (κ2) is 7.32. The maximum absolute atomic E-state index is 9.39. The van der Waals surface area contributed by atoms with Crippen molar-refractivity contribution in [3.05, 3.63) is 29.2 Å². The Bertz CT molecular complexity index is 974. The van der Waals surface area contributed by atoms with Crippen LogP contribution >= 0.6 is 11.6 Å². The molecule has 1 fully saturated rings. The fraction of sp³-hybridized carbons (Fsp3) is 0.421. The molecule has 27 heavy (non-hydrogen) atoms. The third-order valence-electron chi connectivity index (χ3n) is 5.11. The molecule has 0 aromatic carbocycles. The van der Waals surface area contributed by atoms with Crippen LogP contribution in [0.2, 0.25) is 5.15 Å². The van der Waals surface area contributed by atoms with Crippen LogP contribution in [0.15, 0.2) is 22.7 Å². The van der Waals surface area contributed by atoms with Crippen LogP contribution in [0, 0.1) is 5.92 Å². The molecule has 3 aromatic rings. The molecule has 142 valence electrons. The van der Waals surface area contributed by atoms with Crippen LogP contribution in [0.3, 0.4) is 0 Å². The van der Waals surface area contributed by atoms with Gasteiger partial charge in [0.1, 0.15) is 16.7 Å². The van der Waals surface area contributed by atoms with E-state index in [1.807, 2.05) is 19.1 Å². The molecule has 8 heteroatoms. The lowest BCUT2D eigenvalue weighted by Crippen LogP contribution is -2.18. The average Bonchev–Trinajstić information content (AvgIpc) is 3.27. The number of fused-ring (bicyclic) bond motifs is 1. The topological polar surface area (TPSA) is 110 Å². The minimum atomic E-state index is 0.106. The molecule has 0 spiro atoms. The van der Waals surface area contributed by atoms with E-state index in [0.717, 1.165) is 42.3 Å². The number of aliphatic hydroxyl groups excluding tert-OH is 1. The van der Waals surface area contributed by atoms with Crippen molar-refractivity contribution in [2.24, 2.45) is 5.92 Å². The number of nitrogens with zero attached hydrogens (tertiary/aromatic N) is 3. The number of rotatable bonds is 5. The maximum Gasteiger partial charge on any atom is 0.223 e. The third kappa shape index (κ3) is 3.44. The van der Waals surface area contributed by atoms with E-state index in [1.54, 1.807) is 6.20 Å². The Labute approximate surface area is 162 Å². The Kier molecular flexibility index (Phi) is 4.88. The summed E-state index contributed by atoms with van der Waals surface area (Å²) < 4.78 is 6.10. The first-order valence-corrected chi connectivity index (χ1v) is 9.55. The number of pyridine rings is 1. The van der Waals surface area contributed by atoms with Gasteiger partial charge in [-0.25, -0.2) is 4.98 Å². The highest BCUT2D eigenvalue weighted by Crippen LogP contribution is 2.38. The highest BCUT2D eigenvalue weighted by molar-refractivity contribution is 6.32. The fourth-order valence-corrected chi connectivity index (χ4v) is 4.00. The molecule has 0 saturated heterocycles. The normalized spacial score (nSPS) is 19.7. The van der Waals surface area contributed by atoms with Crippen molar-refractivity contribution in [2.45, 2.75) is 38.6 Å². The molecule has 4 N–H and O–H groups in total. The number of aryl methyl sites for hydroxylation is 1. The summed E-state index contributed by atoms with van der Waals surface area (Å²) in [5, 5.41) is 14.0. The van der Waals surface area contributed by atoms with Gasteiger partial charge in [-0.3, -0.25) is 4.98 Å². The van der Waals surface area contributed by atoms with E-state index in [-0.39, 0.29) is 23.8 Å². The van der Waals surface area contributed by atoms with Crippen LogP contribution in [0.1, 0.15) is 31.9 Å². The standard InChI is InChI=1S/C19H22ClN5O2/c1-2-13-16-11(5-6-22-13)8-14(27-16)15-17(20)24-19(21)25-18(15)23-12-4-3-10(7-12)9-26/h5-6,8,10,12,26H,2-4,7,9H2,1H3,(H3,21,23,24,25)/t10-,12+/m1/s1. The molecule has 7 nitrogen and oxygen atoms in total. The minimum absolute atomic E-state index is 0.106. The summed E-state index contributed by atoms with van der Waals surface area (Å²) in [5.41, 5.74) is 8.06. The van der Waals surface area contributed by atoms with Crippen molar-refractivity contribution in [1.82, 2.24) is 15.0 Å². The molecule has 0 radical (unpaired) electrons. The van der Waals surface area contributed by atoms with Crippen LogP contribution in [0.5, 0.6) is 0 Å². The number of nitrogens with two attached hydrogens (primary N) is 1. The Morgan fingerprint density at radius 3 is 2.96 bits per heavy atom. The molecular formula is C19H22ClN5O2. The van der Waals surface area contributed by atoms with Gasteiger partial charge in [0.15, 0.2) is 5.58 Å². The number of aliphatic hydroxyl groups is 1. The lowest BCUT2D eigenvalue weighted by molar-refractivity contribution is 0.229. The van der Waals surface area contributed by atoms with E-state index in [0.29, 0.717) is 23.1 Å². The Hall–Kier alpha value is -2.38. The molecule has 0 aliphatic heterocycles. The van der Waals surface area contributed by atoms with Gasteiger partial charge < -0.3 is 20.6 Å². The van der Waals surface area contributed by atoms with E-state index in [4.69, 9.17) is 21.8 Å². The molecule has 1 aliphatic rings. The zero-order chi connectivity index (χ0) is 19.0. The van der Waals surface area contributed by atoms with Gasteiger partial charge in [0.2, 0.25) is 5.95 Å². The number of halogens is 1. The molecule has 4 rings (SSSR count). The molecule has 0 bridgehead atoms. The summed E-state index contributed by atoms with van der Waals surface area (Å²) >= 11 is 6.43. The van der Waals surface area contributed by atoms with Gasteiger partial charge in [-0.2, -0.15) is 4.98 Å². The van der Waals surface area contributed by atoms with Gasteiger partial charge in [0.05, 0.1) is 11.3 Å². The lowest BCUT2D eigenvalue weighted by Gasteiger charge is -2.16. The van der Waals surface area contributed by atoms with Crippen LogP contribution in [0.25, 0.3) is 22.3 Å². The number of nitrogens with one attached hydrogen (secondary N) is 1. The SMILES string of the molecule is CCc1nccc2cc(-c3c(Cl)nc(N)nc3N[C@H]3CC[C@@H](CO)C3)oc12. The van der Waals surface area contributed by atoms with Gasteiger partial charge in [0.25, 0.3) is 0 Å². The molecule has 1 saturated carbocycles. The van der Waals surface area contributed by atoms with E-state index in [9.17, 15) is 5.11 Å². The van der Waals surface area contributed by atoms with Crippen molar-refractivity contribution in [2.75, 3.05) is 17.7 Å². The molecule has 0 amide bonds. The van der Waals surface area contributed by atoms with Gasteiger partial charge in [0, 0.05) is 24.2 Å². The Morgan fingerprint density at radius 2 is 2.22 bits per heavy atom. The van der Waals surface area contributed by atoms with Gasteiger partial charge in [-0.15, -0.1) is 0 Å². The van der Waals surface area contributed by atoms with Gasteiger partial charge >= 0.3 is 0 Å². The molecule has 3 heterocycles. The van der Waals surface area contributed by atoms with Crippen LogP contribution in [0.4, 0.5) is 11.8 Å². The molecule has 0 unspecified atom stereocenters. The quantitative estimate of drug-likeness (QED) is 0.573. The first kappa shape index (κ1) is 18.0. The van der Waals surface area contributed by atoms with E-state index >= 15 is 0 Å². The first-order chi connectivity index (χ1) is 13.1. The average molecular weight is 388 g/mol. The monoisotopic (exact) mass is 387 g/mol. The lowest BCUT2D eigenvalue weighted by atomic mass is 10.1. The smallest absolute Gasteiger partial charge is 0.223 e.